The number of ether oxygens (including phenoxy) is 2. The highest BCUT2D eigenvalue weighted by Gasteiger charge is 2.46. The monoisotopic (exact) mass is 384 g/mol. The van der Waals surface area contributed by atoms with E-state index in [-0.39, 0.29) is 18.2 Å². The first-order valence-electron chi connectivity index (χ1n) is 8.97. The molecule has 1 aromatic carbocycles. The normalized spacial score (nSPS) is 22.8. The van der Waals surface area contributed by atoms with E-state index in [0.717, 1.165) is 39.8 Å². The van der Waals surface area contributed by atoms with E-state index in [4.69, 9.17) is 9.47 Å². The molecule has 0 saturated carbocycles. The van der Waals surface area contributed by atoms with Gasteiger partial charge in [-0.15, -0.1) is 0 Å². The predicted molar refractivity (Wildman–Crippen MR) is 100 cm³/mol. The van der Waals surface area contributed by atoms with Crippen LogP contribution >= 0.6 is 0 Å². The van der Waals surface area contributed by atoms with Crippen molar-refractivity contribution in [3.05, 3.63) is 22.8 Å². The maximum Gasteiger partial charge on any atom is 0.359 e. The lowest BCUT2D eigenvalue weighted by molar-refractivity contribution is -0.0614. The van der Waals surface area contributed by atoms with Crippen LogP contribution in [0.1, 0.15) is 37.5 Å². The topological polar surface area (TPSA) is 79.3 Å². The van der Waals surface area contributed by atoms with E-state index in [1.165, 1.54) is 0 Å². The smallest absolute Gasteiger partial charge is 0.359 e. The summed E-state index contributed by atoms with van der Waals surface area (Å²) in [4.78, 5) is 2.28. The van der Waals surface area contributed by atoms with Crippen LogP contribution in [0.2, 0.25) is 0 Å². The van der Waals surface area contributed by atoms with Crippen molar-refractivity contribution in [2.75, 3.05) is 37.2 Å². The number of rotatable bonds is 4. The molecule has 1 saturated heterocycles. The molecule has 0 spiro atoms. The third kappa shape index (κ3) is 3.09. The third-order valence-electron chi connectivity index (χ3n) is 5.57. The van der Waals surface area contributed by atoms with Crippen molar-refractivity contribution in [2.24, 2.45) is 0 Å². The van der Waals surface area contributed by atoms with E-state index in [0.29, 0.717) is 18.9 Å². The zero-order chi connectivity index (χ0) is 19.3. The number of hydrogen-bond acceptors (Lipinski definition) is 5. The molecule has 1 atom stereocenters. The lowest BCUT2D eigenvalue weighted by atomic mass is 9.82. The van der Waals surface area contributed by atoms with Gasteiger partial charge in [0, 0.05) is 30.6 Å². The van der Waals surface area contributed by atoms with Crippen LogP contribution in [-0.2, 0) is 20.5 Å². The second-order valence-corrected chi connectivity index (χ2v) is 8.84. The first-order valence-corrected chi connectivity index (χ1v) is 10.4. The second kappa shape index (κ2) is 6.67. The van der Waals surface area contributed by atoms with E-state index in [1.807, 2.05) is 19.9 Å². The number of nitrogens with zero attached hydrogens (tertiary/aromatic N) is 2. The zero-order valence-electron chi connectivity index (χ0n) is 16.1. The highest BCUT2D eigenvalue weighted by molar-refractivity contribution is 7.87. The van der Waals surface area contributed by atoms with Gasteiger partial charge in [-0.25, -0.2) is 4.31 Å². The van der Waals surface area contributed by atoms with Gasteiger partial charge in [-0.3, -0.25) is 9.45 Å². The summed E-state index contributed by atoms with van der Waals surface area (Å²) < 4.78 is 46.1. The number of benzene rings is 1. The van der Waals surface area contributed by atoms with E-state index in [2.05, 4.69) is 18.7 Å². The van der Waals surface area contributed by atoms with E-state index in [1.54, 1.807) is 6.92 Å². The molecule has 1 N–H and O–H groups in total. The fourth-order valence-electron chi connectivity index (χ4n) is 3.96. The predicted octanol–water partition coefficient (Wildman–Crippen LogP) is 2.26. The van der Waals surface area contributed by atoms with Crippen molar-refractivity contribution in [3.63, 3.8) is 0 Å². The van der Waals surface area contributed by atoms with Crippen LogP contribution in [0.25, 0.3) is 0 Å². The van der Waals surface area contributed by atoms with Crippen LogP contribution in [0.4, 0.5) is 5.69 Å². The molecular formula is C18H28N2O5S. The molecule has 8 heteroatoms. The Bertz CT molecular complexity index is 800. The molecular weight excluding hydrogens is 356 g/mol. The van der Waals surface area contributed by atoms with Crippen LogP contribution in [0.15, 0.2) is 6.07 Å². The Morgan fingerprint density at radius 1 is 1.27 bits per heavy atom. The molecule has 7 nitrogen and oxygen atoms in total. The van der Waals surface area contributed by atoms with Gasteiger partial charge in [0.25, 0.3) is 0 Å². The van der Waals surface area contributed by atoms with E-state index in [9.17, 15) is 13.0 Å². The van der Waals surface area contributed by atoms with Gasteiger partial charge in [-0.1, -0.05) is 13.8 Å². The van der Waals surface area contributed by atoms with Gasteiger partial charge in [-0.05, 0) is 38.0 Å². The molecule has 0 aromatic heterocycles. The summed E-state index contributed by atoms with van der Waals surface area (Å²) in [6.07, 6.45) is -0.129. The van der Waals surface area contributed by atoms with Gasteiger partial charge in [0.05, 0.1) is 18.9 Å². The Morgan fingerprint density at radius 2 is 1.88 bits per heavy atom. The van der Waals surface area contributed by atoms with Crippen LogP contribution in [0.5, 0.6) is 5.75 Å². The van der Waals surface area contributed by atoms with Gasteiger partial charge < -0.3 is 9.47 Å². The van der Waals surface area contributed by atoms with E-state index >= 15 is 0 Å². The van der Waals surface area contributed by atoms with Crippen LogP contribution in [0, 0.1) is 13.8 Å². The SMILES string of the molecule is CCN(c1cc2c(c(C)c1C)OC(N1CCOCC1)C2(C)C)S(=O)(=O)O. The molecule has 2 aliphatic rings. The zero-order valence-corrected chi connectivity index (χ0v) is 16.9. The molecule has 0 amide bonds. The van der Waals surface area contributed by atoms with Crippen molar-refractivity contribution in [1.29, 1.82) is 0 Å². The van der Waals surface area contributed by atoms with Gasteiger partial charge in [0.2, 0.25) is 0 Å². The maximum atomic E-state index is 11.8. The van der Waals surface area contributed by atoms with Crippen LogP contribution < -0.4 is 9.04 Å². The summed E-state index contributed by atoms with van der Waals surface area (Å²) in [6, 6.07) is 1.86. The minimum atomic E-state index is -4.33. The molecule has 146 valence electrons. The van der Waals surface area contributed by atoms with Crippen molar-refractivity contribution in [2.45, 2.75) is 46.3 Å². The standard InChI is InChI=1S/C18H28N2O5S/c1-6-20(26(21,22)23)15-11-14-16(13(3)12(15)2)25-17(18(14,4)5)19-7-9-24-10-8-19/h11,17H,6-10H2,1-5H3,(H,21,22,23). The van der Waals surface area contributed by atoms with Gasteiger partial charge in [0.15, 0.2) is 6.23 Å². The van der Waals surface area contributed by atoms with Crippen molar-refractivity contribution in [1.82, 2.24) is 4.90 Å². The lowest BCUT2D eigenvalue weighted by Crippen LogP contribution is -2.52. The molecule has 0 radical (unpaired) electrons. The molecule has 2 aliphatic heterocycles. The molecule has 26 heavy (non-hydrogen) atoms. The lowest BCUT2D eigenvalue weighted by Gasteiger charge is -2.38. The first-order chi connectivity index (χ1) is 12.1. The Hall–Kier alpha value is -1.35. The maximum absolute atomic E-state index is 11.8. The summed E-state index contributed by atoms with van der Waals surface area (Å²) in [5.41, 5.74) is 2.85. The number of fused-ring (bicyclic) bond motifs is 1. The Balaban J connectivity index is 2.09. The molecule has 1 fully saturated rings. The molecule has 2 heterocycles. The average molecular weight is 384 g/mol. The first kappa shape index (κ1) is 19.4. The minimum absolute atomic E-state index is 0.129. The van der Waals surface area contributed by atoms with Crippen molar-refractivity contribution in [3.8, 4) is 5.75 Å². The molecule has 1 aromatic rings. The van der Waals surface area contributed by atoms with Gasteiger partial charge in [-0.2, -0.15) is 8.42 Å². The highest BCUT2D eigenvalue weighted by Crippen LogP contribution is 2.49. The quantitative estimate of drug-likeness (QED) is 0.802. The van der Waals surface area contributed by atoms with E-state index < -0.39 is 10.3 Å². The average Bonchev–Trinajstić information content (AvgIpc) is 2.83. The number of morpholine rings is 1. The van der Waals surface area contributed by atoms with Gasteiger partial charge in [0.1, 0.15) is 5.75 Å². The Labute approximate surface area is 155 Å². The second-order valence-electron chi connectivity index (χ2n) is 7.51. The summed E-state index contributed by atoms with van der Waals surface area (Å²) in [6.45, 7) is 12.9. The molecule has 0 aliphatic carbocycles. The summed E-state index contributed by atoms with van der Waals surface area (Å²) in [7, 11) is -4.33. The number of hydrogen-bond donors (Lipinski definition) is 1. The van der Waals surface area contributed by atoms with Crippen LogP contribution in [-0.4, -0.2) is 56.9 Å². The van der Waals surface area contributed by atoms with Gasteiger partial charge >= 0.3 is 10.3 Å². The fourth-order valence-corrected chi connectivity index (χ4v) is 4.72. The molecule has 3 rings (SSSR count). The largest absolute Gasteiger partial charge is 0.474 e. The summed E-state index contributed by atoms with van der Waals surface area (Å²) >= 11 is 0. The summed E-state index contributed by atoms with van der Waals surface area (Å²) in [5, 5.41) is 0. The van der Waals surface area contributed by atoms with Crippen molar-refractivity contribution >= 4 is 16.0 Å². The number of anilines is 1. The highest BCUT2D eigenvalue weighted by atomic mass is 32.2. The molecule has 1 unspecified atom stereocenters. The third-order valence-corrected chi connectivity index (χ3v) is 6.58. The Morgan fingerprint density at radius 3 is 2.42 bits per heavy atom. The summed E-state index contributed by atoms with van der Waals surface area (Å²) in [5.74, 6) is 0.819. The fraction of sp³-hybridized carbons (Fsp3) is 0.667. The Kier molecular flexibility index (Phi) is 4.98. The minimum Gasteiger partial charge on any atom is -0.474 e. The molecule has 0 bridgehead atoms. The van der Waals surface area contributed by atoms with Crippen LogP contribution in [0.3, 0.4) is 0 Å². The van der Waals surface area contributed by atoms with Crippen molar-refractivity contribution < 1.29 is 22.4 Å².